The molecule has 0 radical (unpaired) electrons. The van der Waals surface area contributed by atoms with E-state index >= 15 is 0 Å². The van der Waals surface area contributed by atoms with E-state index in [1.54, 1.807) is 6.20 Å². The first-order chi connectivity index (χ1) is 8.15. The molecule has 1 aromatic heterocycles. The molecule has 0 aliphatic rings. The van der Waals surface area contributed by atoms with E-state index in [9.17, 15) is 0 Å². The van der Waals surface area contributed by atoms with Crippen LogP contribution >= 0.6 is 0 Å². The van der Waals surface area contributed by atoms with E-state index in [4.69, 9.17) is 0 Å². The standard InChI is InChI=1S/C14H17N3/c1-10(2)12-4-6-13(7-5-12)17-14-15-9-8-11(3)16-14/h4-10H,1-3H3,(H,15,16,17). The fourth-order valence-corrected chi connectivity index (χ4v) is 1.59. The second-order valence-electron chi connectivity index (χ2n) is 4.42. The molecule has 3 heteroatoms. The minimum absolute atomic E-state index is 0.555. The molecule has 0 amide bonds. The third-order valence-corrected chi connectivity index (χ3v) is 2.63. The molecule has 1 aromatic carbocycles. The van der Waals surface area contributed by atoms with Gasteiger partial charge in [-0.15, -0.1) is 0 Å². The van der Waals surface area contributed by atoms with Gasteiger partial charge in [-0.25, -0.2) is 9.97 Å². The molecule has 3 nitrogen and oxygen atoms in total. The Balaban J connectivity index is 2.14. The minimum atomic E-state index is 0.555. The van der Waals surface area contributed by atoms with E-state index in [1.807, 2.05) is 13.0 Å². The molecule has 88 valence electrons. The van der Waals surface area contributed by atoms with Crippen LogP contribution in [0.3, 0.4) is 0 Å². The highest BCUT2D eigenvalue weighted by Crippen LogP contribution is 2.18. The number of benzene rings is 1. The fraction of sp³-hybridized carbons (Fsp3) is 0.286. The van der Waals surface area contributed by atoms with Gasteiger partial charge in [-0.3, -0.25) is 0 Å². The lowest BCUT2D eigenvalue weighted by atomic mass is 10.0. The highest BCUT2D eigenvalue weighted by molar-refractivity contribution is 5.53. The van der Waals surface area contributed by atoms with Crippen LogP contribution in [0.25, 0.3) is 0 Å². The average Bonchev–Trinajstić information content (AvgIpc) is 2.29. The van der Waals surface area contributed by atoms with Crippen molar-refractivity contribution in [1.29, 1.82) is 0 Å². The van der Waals surface area contributed by atoms with Crippen molar-refractivity contribution in [3.05, 3.63) is 47.8 Å². The van der Waals surface area contributed by atoms with E-state index in [0.29, 0.717) is 11.9 Å². The van der Waals surface area contributed by atoms with Crippen LogP contribution in [-0.2, 0) is 0 Å². The SMILES string of the molecule is Cc1ccnc(Nc2ccc(C(C)C)cc2)n1. The van der Waals surface area contributed by atoms with Gasteiger partial charge in [0.15, 0.2) is 0 Å². The number of nitrogens with zero attached hydrogens (tertiary/aromatic N) is 2. The van der Waals surface area contributed by atoms with Crippen LogP contribution in [0.5, 0.6) is 0 Å². The van der Waals surface area contributed by atoms with Crippen LogP contribution in [0.15, 0.2) is 36.5 Å². The van der Waals surface area contributed by atoms with Gasteiger partial charge in [-0.1, -0.05) is 26.0 Å². The second-order valence-corrected chi connectivity index (χ2v) is 4.42. The Morgan fingerprint density at radius 1 is 1.06 bits per heavy atom. The topological polar surface area (TPSA) is 37.8 Å². The summed E-state index contributed by atoms with van der Waals surface area (Å²) in [5.41, 5.74) is 3.31. The summed E-state index contributed by atoms with van der Waals surface area (Å²) in [6.45, 7) is 6.33. The van der Waals surface area contributed by atoms with Crippen molar-refractivity contribution in [3.8, 4) is 0 Å². The summed E-state index contributed by atoms with van der Waals surface area (Å²) in [5, 5.41) is 3.19. The van der Waals surface area contributed by atoms with Gasteiger partial charge < -0.3 is 5.32 Å². The van der Waals surface area contributed by atoms with Gasteiger partial charge in [0.25, 0.3) is 0 Å². The predicted octanol–water partition coefficient (Wildman–Crippen LogP) is 3.65. The van der Waals surface area contributed by atoms with E-state index in [0.717, 1.165) is 11.4 Å². The number of rotatable bonds is 3. The summed E-state index contributed by atoms with van der Waals surface area (Å²) in [5.74, 6) is 1.20. The fourth-order valence-electron chi connectivity index (χ4n) is 1.59. The van der Waals surface area contributed by atoms with E-state index in [1.165, 1.54) is 5.56 Å². The zero-order valence-corrected chi connectivity index (χ0v) is 10.4. The summed E-state index contributed by atoms with van der Waals surface area (Å²) in [4.78, 5) is 8.47. The van der Waals surface area contributed by atoms with Gasteiger partial charge in [-0.05, 0) is 36.6 Å². The number of anilines is 2. The number of nitrogens with one attached hydrogen (secondary N) is 1. The minimum Gasteiger partial charge on any atom is -0.324 e. The van der Waals surface area contributed by atoms with Crippen LogP contribution in [0.1, 0.15) is 31.0 Å². The van der Waals surface area contributed by atoms with Crippen LogP contribution in [-0.4, -0.2) is 9.97 Å². The Morgan fingerprint density at radius 2 is 1.76 bits per heavy atom. The highest BCUT2D eigenvalue weighted by atomic mass is 15.1. The zero-order chi connectivity index (χ0) is 12.3. The quantitative estimate of drug-likeness (QED) is 0.869. The molecule has 0 unspecified atom stereocenters. The number of aromatic nitrogens is 2. The summed E-state index contributed by atoms with van der Waals surface area (Å²) < 4.78 is 0. The molecule has 2 rings (SSSR count). The van der Waals surface area contributed by atoms with Crippen molar-refractivity contribution in [2.75, 3.05) is 5.32 Å². The van der Waals surface area contributed by atoms with E-state index in [-0.39, 0.29) is 0 Å². The summed E-state index contributed by atoms with van der Waals surface area (Å²) >= 11 is 0. The van der Waals surface area contributed by atoms with Crippen molar-refractivity contribution in [2.45, 2.75) is 26.7 Å². The molecule has 0 aliphatic carbocycles. The Labute approximate surface area is 102 Å². The van der Waals surface area contributed by atoms with Gasteiger partial charge in [0.05, 0.1) is 0 Å². The maximum absolute atomic E-state index is 4.30. The largest absolute Gasteiger partial charge is 0.324 e. The predicted molar refractivity (Wildman–Crippen MR) is 70.6 cm³/mol. The number of hydrogen-bond donors (Lipinski definition) is 1. The van der Waals surface area contributed by atoms with Crippen LogP contribution in [0, 0.1) is 6.92 Å². The molecule has 2 aromatic rings. The highest BCUT2D eigenvalue weighted by Gasteiger charge is 2.00. The molecule has 0 spiro atoms. The molecular weight excluding hydrogens is 210 g/mol. The first-order valence-corrected chi connectivity index (χ1v) is 5.82. The van der Waals surface area contributed by atoms with Gasteiger partial charge in [-0.2, -0.15) is 0 Å². The smallest absolute Gasteiger partial charge is 0.227 e. The monoisotopic (exact) mass is 227 g/mol. The van der Waals surface area contributed by atoms with Crippen molar-refractivity contribution in [1.82, 2.24) is 9.97 Å². The Morgan fingerprint density at radius 3 is 2.35 bits per heavy atom. The van der Waals surface area contributed by atoms with Gasteiger partial charge >= 0.3 is 0 Å². The lowest BCUT2D eigenvalue weighted by molar-refractivity contribution is 0.867. The molecule has 0 bridgehead atoms. The van der Waals surface area contributed by atoms with Gasteiger partial charge in [0.2, 0.25) is 5.95 Å². The average molecular weight is 227 g/mol. The number of hydrogen-bond acceptors (Lipinski definition) is 3. The molecule has 0 fully saturated rings. The molecule has 0 aliphatic heterocycles. The molecule has 0 saturated heterocycles. The lowest BCUT2D eigenvalue weighted by Crippen LogP contribution is -1.97. The Hall–Kier alpha value is -1.90. The first kappa shape index (κ1) is 11.6. The summed E-state index contributed by atoms with van der Waals surface area (Å²) in [7, 11) is 0. The van der Waals surface area contributed by atoms with Crippen molar-refractivity contribution in [2.24, 2.45) is 0 Å². The van der Waals surface area contributed by atoms with Crippen LogP contribution < -0.4 is 5.32 Å². The number of aryl methyl sites for hydroxylation is 1. The van der Waals surface area contributed by atoms with Crippen LogP contribution in [0.4, 0.5) is 11.6 Å². The second kappa shape index (κ2) is 4.95. The normalized spacial score (nSPS) is 10.6. The van der Waals surface area contributed by atoms with Gasteiger partial charge in [0, 0.05) is 17.6 Å². The molecule has 17 heavy (non-hydrogen) atoms. The summed E-state index contributed by atoms with van der Waals surface area (Å²) in [6.07, 6.45) is 1.76. The molecule has 0 saturated carbocycles. The van der Waals surface area contributed by atoms with Crippen molar-refractivity contribution < 1.29 is 0 Å². The first-order valence-electron chi connectivity index (χ1n) is 5.82. The van der Waals surface area contributed by atoms with E-state index < -0.39 is 0 Å². The van der Waals surface area contributed by atoms with Crippen molar-refractivity contribution in [3.63, 3.8) is 0 Å². The molecule has 1 heterocycles. The third-order valence-electron chi connectivity index (χ3n) is 2.63. The van der Waals surface area contributed by atoms with Crippen LogP contribution in [0.2, 0.25) is 0 Å². The van der Waals surface area contributed by atoms with Crippen molar-refractivity contribution >= 4 is 11.6 Å². The molecule has 0 atom stereocenters. The van der Waals surface area contributed by atoms with Gasteiger partial charge in [0.1, 0.15) is 0 Å². The lowest BCUT2D eigenvalue weighted by Gasteiger charge is -2.08. The molecular formula is C14H17N3. The Kier molecular flexibility index (Phi) is 3.38. The van der Waals surface area contributed by atoms with E-state index in [2.05, 4.69) is 53.4 Å². The summed E-state index contributed by atoms with van der Waals surface area (Å²) in [6, 6.07) is 10.3. The zero-order valence-electron chi connectivity index (χ0n) is 10.4. The maximum atomic E-state index is 4.30. The maximum Gasteiger partial charge on any atom is 0.227 e. The Bertz CT molecular complexity index is 489. The molecule has 1 N–H and O–H groups in total. The third kappa shape index (κ3) is 3.03.